The van der Waals surface area contributed by atoms with Crippen LogP contribution in [-0.2, 0) is 0 Å². The molecule has 1 aliphatic rings. The molecule has 2 heteroatoms. The van der Waals surface area contributed by atoms with Crippen molar-refractivity contribution in [1.29, 1.82) is 0 Å². The van der Waals surface area contributed by atoms with Crippen molar-refractivity contribution in [3.8, 4) is 0 Å². The summed E-state index contributed by atoms with van der Waals surface area (Å²) >= 11 is 0. The molecule has 0 amide bonds. The highest BCUT2D eigenvalue weighted by Crippen LogP contribution is 2.19. The standard InChI is InChI=1S/C11H18N2/c1-5-6-7-13-10(3)9(2)8-11(13)12-4/h6-8,10H,5H2,1-4H3/b7-6+,12-11-. The highest BCUT2D eigenvalue weighted by Gasteiger charge is 2.22. The molecule has 0 N–H and O–H groups in total. The van der Waals surface area contributed by atoms with Gasteiger partial charge in [-0.05, 0) is 31.9 Å². The number of nitrogens with zero attached hydrogens (tertiary/aromatic N) is 2. The fourth-order valence-electron chi connectivity index (χ4n) is 1.42. The summed E-state index contributed by atoms with van der Waals surface area (Å²) in [5, 5.41) is 0. The second-order valence-corrected chi connectivity index (χ2v) is 3.35. The Morgan fingerprint density at radius 3 is 2.85 bits per heavy atom. The van der Waals surface area contributed by atoms with Gasteiger partial charge in [-0.2, -0.15) is 0 Å². The number of rotatable bonds is 2. The van der Waals surface area contributed by atoms with Crippen molar-refractivity contribution < 1.29 is 0 Å². The maximum atomic E-state index is 4.24. The van der Waals surface area contributed by atoms with Gasteiger partial charge in [-0.25, -0.2) is 0 Å². The SMILES string of the molecule is CC/C=C/N1/C(=N\C)C=C(C)C1C. The number of amidine groups is 1. The highest BCUT2D eigenvalue weighted by atomic mass is 15.2. The second-order valence-electron chi connectivity index (χ2n) is 3.35. The van der Waals surface area contributed by atoms with E-state index >= 15 is 0 Å². The fourth-order valence-corrected chi connectivity index (χ4v) is 1.42. The van der Waals surface area contributed by atoms with Crippen molar-refractivity contribution in [2.45, 2.75) is 33.2 Å². The first-order valence-electron chi connectivity index (χ1n) is 4.80. The third-order valence-corrected chi connectivity index (χ3v) is 2.43. The van der Waals surface area contributed by atoms with Gasteiger partial charge in [-0.15, -0.1) is 0 Å². The van der Waals surface area contributed by atoms with Crippen molar-refractivity contribution in [1.82, 2.24) is 4.90 Å². The Morgan fingerprint density at radius 2 is 2.31 bits per heavy atom. The van der Waals surface area contributed by atoms with E-state index in [-0.39, 0.29) is 0 Å². The summed E-state index contributed by atoms with van der Waals surface area (Å²) in [5.74, 6) is 1.06. The molecule has 0 fully saturated rings. The maximum Gasteiger partial charge on any atom is 0.127 e. The normalized spacial score (nSPS) is 26.2. The summed E-state index contributed by atoms with van der Waals surface area (Å²) in [4.78, 5) is 6.44. The van der Waals surface area contributed by atoms with Crippen LogP contribution < -0.4 is 0 Å². The van der Waals surface area contributed by atoms with Gasteiger partial charge >= 0.3 is 0 Å². The molecular weight excluding hydrogens is 160 g/mol. The summed E-state index contributed by atoms with van der Waals surface area (Å²) in [6.07, 6.45) is 7.50. The highest BCUT2D eigenvalue weighted by molar-refractivity contribution is 5.97. The topological polar surface area (TPSA) is 15.6 Å². The van der Waals surface area contributed by atoms with E-state index in [0.29, 0.717) is 6.04 Å². The van der Waals surface area contributed by atoms with Gasteiger partial charge in [0.1, 0.15) is 5.84 Å². The van der Waals surface area contributed by atoms with E-state index in [2.05, 4.69) is 49.0 Å². The van der Waals surface area contributed by atoms with E-state index < -0.39 is 0 Å². The Hall–Kier alpha value is -1.05. The van der Waals surface area contributed by atoms with Gasteiger partial charge in [0.25, 0.3) is 0 Å². The number of hydrogen-bond acceptors (Lipinski definition) is 1. The smallest absolute Gasteiger partial charge is 0.127 e. The van der Waals surface area contributed by atoms with Crippen molar-refractivity contribution >= 4 is 5.84 Å². The molecule has 1 heterocycles. The predicted octanol–water partition coefficient (Wildman–Crippen LogP) is 2.59. The molecule has 0 radical (unpaired) electrons. The van der Waals surface area contributed by atoms with Crippen LogP contribution >= 0.6 is 0 Å². The summed E-state index contributed by atoms with van der Waals surface area (Å²) in [7, 11) is 1.84. The lowest BCUT2D eigenvalue weighted by atomic mass is 10.2. The van der Waals surface area contributed by atoms with Gasteiger partial charge in [-0.3, -0.25) is 4.99 Å². The minimum absolute atomic E-state index is 0.460. The zero-order valence-corrected chi connectivity index (χ0v) is 8.91. The lowest BCUT2D eigenvalue weighted by Crippen LogP contribution is -2.27. The molecule has 0 saturated carbocycles. The van der Waals surface area contributed by atoms with Gasteiger partial charge in [0.15, 0.2) is 0 Å². The molecule has 0 aromatic heterocycles. The molecule has 2 nitrogen and oxygen atoms in total. The average molecular weight is 178 g/mol. The Labute approximate surface area is 80.7 Å². The van der Waals surface area contributed by atoms with E-state index in [9.17, 15) is 0 Å². The zero-order chi connectivity index (χ0) is 9.84. The zero-order valence-electron chi connectivity index (χ0n) is 8.91. The average Bonchev–Trinajstić information content (AvgIpc) is 2.40. The van der Waals surface area contributed by atoms with Crippen molar-refractivity contribution in [3.05, 3.63) is 23.9 Å². The van der Waals surface area contributed by atoms with Crippen LogP contribution in [0.25, 0.3) is 0 Å². The number of allylic oxidation sites excluding steroid dienone is 1. The van der Waals surface area contributed by atoms with Crippen LogP contribution in [0.1, 0.15) is 27.2 Å². The lowest BCUT2D eigenvalue weighted by molar-refractivity contribution is 0.497. The molecule has 1 unspecified atom stereocenters. The van der Waals surface area contributed by atoms with Crippen LogP contribution in [0.5, 0.6) is 0 Å². The Kier molecular flexibility index (Phi) is 3.29. The monoisotopic (exact) mass is 178 g/mol. The number of hydrogen-bond donors (Lipinski definition) is 0. The summed E-state index contributed by atoms with van der Waals surface area (Å²) in [5.41, 5.74) is 1.38. The van der Waals surface area contributed by atoms with Crippen molar-refractivity contribution in [3.63, 3.8) is 0 Å². The molecule has 0 spiro atoms. The van der Waals surface area contributed by atoms with Gasteiger partial charge < -0.3 is 4.90 Å². The molecule has 0 aliphatic carbocycles. The summed E-state index contributed by atoms with van der Waals surface area (Å²) < 4.78 is 0. The Balaban J connectivity index is 2.81. The molecule has 0 aromatic carbocycles. The van der Waals surface area contributed by atoms with E-state index in [1.54, 1.807) is 0 Å². The molecule has 0 aromatic rings. The van der Waals surface area contributed by atoms with Crippen LogP contribution in [0, 0.1) is 0 Å². The first-order chi connectivity index (χ1) is 6.20. The summed E-state index contributed by atoms with van der Waals surface area (Å²) in [6.45, 7) is 6.49. The lowest BCUT2D eigenvalue weighted by Gasteiger charge is -2.20. The minimum Gasteiger partial charge on any atom is -0.327 e. The van der Waals surface area contributed by atoms with E-state index in [4.69, 9.17) is 0 Å². The number of aliphatic imine (C=N–C) groups is 1. The van der Waals surface area contributed by atoms with Crippen LogP contribution in [0.15, 0.2) is 28.9 Å². The Bertz CT molecular complexity index is 261. The third kappa shape index (κ3) is 2.00. The van der Waals surface area contributed by atoms with E-state index in [1.165, 1.54) is 5.57 Å². The van der Waals surface area contributed by atoms with Crippen molar-refractivity contribution in [2.75, 3.05) is 7.05 Å². The molecule has 72 valence electrons. The summed E-state index contributed by atoms with van der Waals surface area (Å²) in [6, 6.07) is 0.460. The fraction of sp³-hybridized carbons (Fsp3) is 0.545. The second kappa shape index (κ2) is 4.26. The quantitative estimate of drug-likeness (QED) is 0.634. The van der Waals surface area contributed by atoms with Crippen LogP contribution in [0.3, 0.4) is 0 Å². The molecule has 1 aliphatic heterocycles. The largest absolute Gasteiger partial charge is 0.327 e. The van der Waals surface area contributed by atoms with Crippen molar-refractivity contribution in [2.24, 2.45) is 4.99 Å². The van der Waals surface area contributed by atoms with Gasteiger partial charge in [0.05, 0.1) is 6.04 Å². The van der Waals surface area contributed by atoms with Gasteiger partial charge in [0, 0.05) is 13.2 Å². The predicted molar refractivity (Wildman–Crippen MR) is 57.8 cm³/mol. The molecule has 0 bridgehead atoms. The first kappa shape index (κ1) is 10.0. The third-order valence-electron chi connectivity index (χ3n) is 2.43. The minimum atomic E-state index is 0.460. The van der Waals surface area contributed by atoms with E-state index in [0.717, 1.165) is 12.3 Å². The van der Waals surface area contributed by atoms with Crippen LogP contribution in [-0.4, -0.2) is 23.8 Å². The first-order valence-corrected chi connectivity index (χ1v) is 4.80. The van der Waals surface area contributed by atoms with Crippen LogP contribution in [0.2, 0.25) is 0 Å². The molecule has 1 atom stereocenters. The maximum absolute atomic E-state index is 4.24. The van der Waals surface area contributed by atoms with Gasteiger partial charge in [0.2, 0.25) is 0 Å². The van der Waals surface area contributed by atoms with E-state index in [1.807, 2.05) is 7.05 Å². The van der Waals surface area contributed by atoms with Crippen LogP contribution in [0.4, 0.5) is 0 Å². The molecule has 13 heavy (non-hydrogen) atoms. The molecule has 1 rings (SSSR count). The van der Waals surface area contributed by atoms with Gasteiger partial charge in [-0.1, -0.05) is 13.0 Å². The molecular formula is C11H18N2. The molecule has 0 saturated heterocycles. The Morgan fingerprint density at radius 1 is 1.62 bits per heavy atom.